The number of halogens is 2. The van der Waals surface area contributed by atoms with Gasteiger partial charge in [0.2, 0.25) is 0 Å². The van der Waals surface area contributed by atoms with E-state index in [-0.39, 0.29) is 5.54 Å². The van der Waals surface area contributed by atoms with Crippen LogP contribution in [-0.2, 0) is 0 Å². The Hall–Kier alpha value is -0.260. The van der Waals surface area contributed by atoms with E-state index in [1.807, 2.05) is 20.8 Å². The van der Waals surface area contributed by atoms with Crippen LogP contribution in [0.2, 0.25) is 0 Å². The van der Waals surface area contributed by atoms with Crippen molar-refractivity contribution in [2.45, 2.75) is 32.2 Å². The topological polar surface area (TPSA) is 44.3 Å². The highest BCUT2D eigenvalue weighted by Gasteiger charge is 2.26. The lowest BCUT2D eigenvalue weighted by atomic mass is 10.1. The summed E-state index contributed by atoms with van der Waals surface area (Å²) in [5.74, 6) is -3.01. The van der Waals surface area contributed by atoms with E-state index >= 15 is 0 Å². The highest BCUT2D eigenvalue weighted by Crippen LogP contribution is 2.09. The van der Waals surface area contributed by atoms with Gasteiger partial charge in [0.15, 0.2) is 0 Å². The lowest BCUT2D eigenvalue weighted by molar-refractivity contribution is -0.0473. The Morgan fingerprint density at radius 2 is 1.71 bits per heavy atom. The first kappa shape index (κ1) is 13.7. The van der Waals surface area contributed by atoms with Crippen molar-refractivity contribution in [1.29, 1.82) is 0 Å². The van der Waals surface area contributed by atoms with E-state index in [0.717, 1.165) is 0 Å². The molecule has 3 N–H and O–H groups in total. The third kappa shape index (κ3) is 8.34. The van der Waals surface area contributed by atoms with Crippen LogP contribution in [0.4, 0.5) is 8.78 Å². The summed E-state index contributed by atoms with van der Waals surface area (Å²) >= 11 is 0. The lowest BCUT2D eigenvalue weighted by Crippen LogP contribution is -2.43. The van der Waals surface area contributed by atoms with Crippen LogP contribution in [0.5, 0.6) is 0 Å². The van der Waals surface area contributed by atoms with Gasteiger partial charge in [0, 0.05) is 18.6 Å². The molecular weight excluding hydrogens is 190 g/mol. The van der Waals surface area contributed by atoms with Gasteiger partial charge in [-0.05, 0) is 20.8 Å². The summed E-state index contributed by atoms with van der Waals surface area (Å²) in [7, 11) is 0. The number of aliphatic hydroxyl groups is 1. The highest BCUT2D eigenvalue weighted by atomic mass is 19.3. The number of alkyl halides is 2. The molecule has 0 heterocycles. The monoisotopic (exact) mass is 210 g/mol. The van der Waals surface area contributed by atoms with Crippen LogP contribution in [0.3, 0.4) is 0 Å². The minimum atomic E-state index is -3.01. The molecule has 0 aromatic heterocycles. The third-order valence-corrected chi connectivity index (χ3v) is 1.57. The van der Waals surface area contributed by atoms with E-state index < -0.39 is 19.1 Å². The minimum absolute atomic E-state index is 0.00117. The molecule has 0 saturated carbocycles. The summed E-state index contributed by atoms with van der Waals surface area (Å²) in [5, 5.41) is 14.0. The molecule has 0 aromatic carbocycles. The molecule has 5 heteroatoms. The van der Waals surface area contributed by atoms with Gasteiger partial charge < -0.3 is 15.7 Å². The fourth-order valence-corrected chi connectivity index (χ4v) is 0.853. The van der Waals surface area contributed by atoms with Gasteiger partial charge in [-0.15, -0.1) is 0 Å². The second-order valence-electron chi connectivity index (χ2n) is 4.37. The maximum absolute atomic E-state index is 12.5. The number of hydrogen-bond acceptors (Lipinski definition) is 3. The molecule has 0 saturated heterocycles. The second kappa shape index (κ2) is 5.58. The van der Waals surface area contributed by atoms with Crippen molar-refractivity contribution in [3.05, 3.63) is 0 Å². The van der Waals surface area contributed by atoms with Crippen molar-refractivity contribution in [3.8, 4) is 0 Å². The molecule has 0 aliphatic rings. The Labute approximate surface area is 83.9 Å². The fourth-order valence-electron chi connectivity index (χ4n) is 0.853. The van der Waals surface area contributed by atoms with Gasteiger partial charge >= 0.3 is 0 Å². The molecule has 0 aliphatic carbocycles. The van der Waals surface area contributed by atoms with Gasteiger partial charge in [0.05, 0.1) is 6.54 Å². The molecule has 0 aromatic rings. The predicted molar refractivity (Wildman–Crippen MR) is 52.7 cm³/mol. The van der Waals surface area contributed by atoms with Crippen molar-refractivity contribution >= 4 is 0 Å². The molecule has 14 heavy (non-hydrogen) atoms. The molecule has 0 bridgehead atoms. The predicted octanol–water partition coefficient (Wildman–Crippen LogP) is 0.592. The summed E-state index contributed by atoms with van der Waals surface area (Å²) in [4.78, 5) is 0. The van der Waals surface area contributed by atoms with E-state index in [4.69, 9.17) is 5.11 Å². The molecule has 0 aliphatic heterocycles. The molecule has 0 fully saturated rings. The molecule has 0 amide bonds. The summed E-state index contributed by atoms with van der Waals surface area (Å²) in [6, 6.07) is 0. The number of hydrogen-bond donors (Lipinski definition) is 3. The van der Waals surface area contributed by atoms with E-state index in [2.05, 4.69) is 10.6 Å². The van der Waals surface area contributed by atoms with Gasteiger partial charge in [-0.3, -0.25) is 0 Å². The standard InChI is InChI=1S/C9H20F2N2O/c1-8(2,3)13-5-4-12-6-9(10,11)7-14/h12-14H,4-7H2,1-3H3. The van der Waals surface area contributed by atoms with Crippen molar-refractivity contribution in [1.82, 2.24) is 10.6 Å². The SMILES string of the molecule is CC(C)(C)NCCNCC(F)(F)CO. The Bertz CT molecular complexity index is 157. The smallest absolute Gasteiger partial charge is 0.282 e. The summed E-state index contributed by atoms with van der Waals surface area (Å²) in [6.45, 7) is 5.54. The zero-order chi connectivity index (χ0) is 11.2. The Morgan fingerprint density at radius 3 is 2.14 bits per heavy atom. The van der Waals surface area contributed by atoms with Gasteiger partial charge in [-0.25, -0.2) is 8.78 Å². The highest BCUT2D eigenvalue weighted by molar-refractivity contribution is 4.72. The largest absolute Gasteiger partial charge is 0.390 e. The van der Waals surface area contributed by atoms with Gasteiger partial charge in [0.1, 0.15) is 6.61 Å². The fraction of sp³-hybridized carbons (Fsp3) is 1.00. The van der Waals surface area contributed by atoms with E-state index in [1.54, 1.807) is 0 Å². The van der Waals surface area contributed by atoms with Gasteiger partial charge in [-0.1, -0.05) is 0 Å². The first-order chi connectivity index (χ1) is 6.27. The Balaban J connectivity index is 3.39. The molecule has 3 nitrogen and oxygen atoms in total. The van der Waals surface area contributed by atoms with Crippen LogP contribution in [0.25, 0.3) is 0 Å². The first-order valence-corrected chi connectivity index (χ1v) is 4.71. The second-order valence-corrected chi connectivity index (χ2v) is 4.37. The lowest BCUT2D eigenvalue weighted by Gasteiger charge is -2.21. The van der Waals surface area contributed by atoms with Crippen LogP contribution in [0, 0.1) is 0 Å². The normalized spacial score (nSPS) is 13.3. The average molecular weight is 210 g/mol. The summed E-state index contributed by atoms with van der Waals surface area (Å²) in [6.07, 6.45) is 0. The maximum Gasteiger partial charge on any atom is 0.282 e. The number of nitrogens with one attached hydrogen (secondary N) is 2. The summed E-state index contributed by atoms with van der Waals surface area (Å²) < 4.78 is 25.0. The number of aliphatic hydroxyl groups excluding tert-OH is 1. The molecule has 0 rings (SSSR count). The molecule has 0 unspecified atom stereocenters. The zero-order valence-electron chi connectivity index (χ0n) is 9.03. The van der Waals surface area contributed by atoms with Crippen LogP contribution in [0.15, 0.2) is 0 Å². The van der Waals surface area contributed by atoms with Crippen molar-refractivity contribution in [2.24, 2.45) is 0 Å². The average Bonchev–Trinajstić information content (AvgIpc) is 2.01. The molecule has 0 spiro atoms. The van der Waals surface area contributed by atoms with Crippen molar-refractivity contribution in [2.75, 3.05) is 26.2 Å². The van der Waals surface area contributed by atoms with Gasteiger partial charge in [-0.2, -0.15) is 0 Å². The van der Waals surface area contributed by atoms with E-state index in [1.165, 1.54) is 0 Å². The van der Waals surface area contributed by atoms with Crippen molar-refractivity contribution < 1.29 is 13.9 Å². The molecular formula is C9H20F2N2O. The van der Waals surface area contributed by atoms with E-state index in [9.17, 15) is 8.78 Å². The molecule has 86 valence electrons. The Morgan fingerprint density at radius 1 is 1.14 bits per heavy atom. The van der Waals surface area contributed by atoms with Gasteiger partial charge in [0.25, 0.3) is 5.92 Å². The maximum atomic E-state index is 12.5. The molecule has 0 atom stereocenters. The third-order valence-electron chi connectivity index (χ3n) is 1.57. The zero-order valence-corrected chi connectivity index (χ0v) is 9.03. The van der Waals surface area contributed by atoms with E-state index in [0.29, 0.717) is 13.1 Å². The van der Waals surface area contributed by atoms with Crippen LogP contribution in [-0.4, -0.2) is 42.8 Å². The Kier molecular flexibility index (Phi) is 5.48. The van der Waals surface area contributed by atoms with Crippen molar-refractivity contribution in [3.63, 3.8) is 0 Å². The molecule has 0 radical (unpaired) electrons. The number of rotatable bonds is 6. The van der Waals surface area contributed by atoms with Crippen LogP contribution < -0.4 is 10.6 Å². The van der Waals surface area contributed by atoms with Crippen LogP contribution in [0.1, 0.15) is 20.8 Å². The quantitative estimate of drug-likeness (QED) is 0.562. The first-order valence-electron chi connectivity index (χ1n) is 4.71. The van der Waals surface area contributed by atoms with Crippen LogP contribution >= 0.6 is 0 Å². The summed E-state index contributed by atoms with van der Waals surface area (Å²) in [5.41, 5.74) is 0.00117. The minimum Gasteiger partial charge on any atom is -0.390 e.